The van der Waals surface area contributed by atoms with Crippen molar-refractivity contribution in [1.29, 1.82) is 0 Å². The van der Waals surface area contributed by atoms with Gasteiger partial charge >= 0.3 is 6.03 Å². The number of Topliss-reactive ketones (excluding diaryl/α,β-unsaturated/α-hetero) is 1. The van der Waals surface area contributed by atoms with Crippen LogP contribution < -0.4 is 21.3 Å². The minimum absolute atomic E-state index is 0.00633. The fourth-order valence-electron chi connectivity index (χ4n) is 7.84. The van der Waals surface area contributed by atoms with Crippen LogP contribution in [0, 0.1) is 35.0 Å². The lowest BCUT2D eigenvalue weighted by molar-refractivity contribution is -0.145. The van der Waals surface area contributed by atoms with E-state index in [1.54, 1.807) is 20.8 Å². The Morgan fingerprint density at radius 1 is 1.00 bits per heavy atom. The van der Waals surface area contributed by atoms with Gasteiger partial charge in [-0.3, -0.25) is 19.2 Å². The Kier molecular flexibility index (Phi) is 11.0. The molecule has 4 aliphatic rings. The minimum Gasteiger partial charge on any atom is -0.346 e. The first kappa shape index (κ1) is 38.4. The maximum absolute atomic E-state index is 14.4. The molecular formula is C36H55N5O7S. The summed E-state index contributed by atoms with van der Waals surface area (Å²) < 4.78 is 25.6. The third-order valence-corrected chi connectivity index (χ3v) is 13.8. The maximum atomic E-state index is 14.4. The molecule has 5 atom stereocenters. The Morgan fingerprint density at radius 2 is 1.63 bits per heavy atom. The number of ketones is 1. The van der Waals surface area contributed by atoms with Crippen LogP contribution in [0.2, 0.25) is 0 Å². The molecule has 1 spiro atoms. The van der Waals surface area contributed by atoms with Gasteiger partial charge in [0.05, 0.1) is 22.1 Å². The number of likely N-dealkylation sites (tertiary alicyclic amines) is 1. The monoisotopic (exact) mass is 701 g/mol. The number of nitrogens with one attached hydrogen (secondary N) is 4. The average Bonchev–Trinajstić information content (AvgIpc) is 3.86. The molecule has 5 amide bonds. The zero-order chi connectivity index (χ0) is 36.6. The zero-order valence-electron chi connectivity index (χ0n) is 29.9. The first-order chi connectivity index (χ1) is 22.7. The predicted octanol–water partition coefficient (Wildman–Crippen LogP) is 2.62. The van der Waals surface area contributed by atoms with Crippen LogP contribution >= 0.6 is 0 Å². The van der Waals surface area contributed by atoms with Crippen molar-refractivity contribution in [3.8, 4) is 12.3 Å². The van der Waals surface area contributed by atoms with E-state index in [0.29, 0.717) is 19.4 Å². The molecule has 13 heteroatoms. The molecule has 0 aromatic rings. The van der Waals surface area contributed by atoms with Gasteiger partial charge in [-0.05, 0) is 75.5 Å². The molecule has 1 aliphatic heterocycles. The number of urea groups is 1. The molecule has 4 N–H and O–H groups in total. The molecule has 0 bridgehead atoms. The summed E-state index contributed by atoms with van der Waals surface area (Å²) in [6.07, 6.45) is 12.5. The number of amides is 5. The van der Waals surface area contributed by atoms with Gasteiger partial charge in [0.25, 0.3) is 5.91 Å². The number of hydrogen-bond donors (Lipinski definition) is 4. The fourth-order valence-corrected chi connectivity index (χ4v) is 9.36. The molecule has 272 valence electrons. The Hall–Kier alpha value is -3.40. The molecule has 0 aromatic heterocycles. The first-order valence-electron chi connectivity index (χ1n) is 17.5. The standard InChI is InChI=1S/C36H55N5O7S/c1-9-11-15-24(27(42)30(44)37-20-10-2)38-29(43)26-25-23(36(25)18-19-36)21-41(26)31(45)28(33(3,4)5)39-32(46)40-35(16-13-12-14-17-35)22-49(47,48)34(6,7)8/h1,10,23-26,28H,2,11-22H2,3-8H3,(H,37,44)(H,38,43)(H2,39,40,46)/t23-,24?,25?,26-,28+/m0/s1. The molecule has 49 heavy (non-hydrogen) atoms. The van der Waals surface area contributed by atoms with Gasteiger partial charge in [-0.25, -0.2) is 13.2 Å². The molecule has 1 saturated heterocycles. The summed E-state index contributed by atoms with van der Waals surface area (Å²) in [5, 5.41) is 11.1. The number of terminal acetylenes is 1. The Morgan fingerprint density at radius 3 is 2.16 bits per heavy atom. The van der Waals surface area contributed by atoms with Gasteiger partial charge in [0.15, 0.2) is 9.84 Å². The molecule has 4 rings (SSSR count). The lowest BCUT2D eigenvalue weighted by atomic mass is 9.83. The van der Waals surface area contributed by atoms with Gasteiger partial charge in [-0.1, -0.05) is 46.1 Å². The van der Waals surface area contributed by atoms with Gasteiger partial charge in [0, 0.05) is 19.5 Å². The second-order valence-electron chi connectivity index (χ2n) is 16.6. The van der Waals surface area contributed by atoms with Crippen LogP contribution in [0.25, 0.3) is 0 Å². The highest BCUT2D eigenvalue weighted by molar-refractivity contribution is 7.92. The molecule has 0 radical (unpaired) electrons. The summed E-state index contributed by atoms with van der Waals surface area (Å²) in [7, 11) is -3.57. The van der Waals surface area contributed by atoms with E-state index in [2.05, 4.69) is 33.8 Å². The maximum Gasteiger partial charge on any atom is 0.315 e. The number of rotatable bonds is 13. The Bertz CT molecular complexity index is 1490. The molecule has 1 heterocycles. The smallest absolute Gasteiger partial charge is 0.315 e. The van der Waals surface area contributed by atoms with E-state index in [4.69, 9.17) is 6.42 Å². The normalized spacial score (nSPS) is 24.8. The summed E-state index contributed by atoms with van der Waals surface area (Å²) in [4.78, 5) is 69.3. The van der Waals surface area contributed by atoms with Gasteiger partial charge in [-0.2, -0.15) is 0 Å². The van der Waals surface area contributed by atoms with Crippen molar-refractivity contribution in [3.63, 3.8) is 0 Å². The highest BCUT2D eigenvalue weighted by Gasteiger charge is 2.79. The third-order valence-electron chi connectivity index (χ3n) is 11.0. The van der Waals surface area contributed by atoms with E-state index in [-0.39, 0.29) is 42.4 Å². The van der Waals surface area contributed by atoms with Crippen molar-refractivity contribution in [3.05, 3.63) is 12.7 Å². The zero-order valence-corrected chi connectivity index (χ0v) is 30.8. The van der Waals surface area contributed by atoms with E-state index < -0.39 is 73.2 Å². The van der Waals surface area contributed by atoms with Crippen LogP contribution in [0.5, 0.6) is 0 Å². The van der Waals surface area contributed by atoms with Crippen LogP contribution in [-0.4, -0.2) is 90.1 Å². The van der Waals surface area contributed by atoms with E-state index in [1.807, 2.05) is 20.8 Å². The van der Waals surface area contributed by atoms with Crippen LogP contribution in [0.1, 0.15) is 99.3 Å². The highest BCUT2D eigenvalue weighted by atomic mass is 32.2. The van der Waals surface area contributed by atoms with Gasteiger partial charge < -0.3 is 26.2 Å². The van der Waals surface area contributed by atoms with Crippen LogP contribution in [0.4, 0.5) is 4.79 Å². The van der Waals surface area contributed by atoms with Crippen molar-refractivity contribution >= 4 is 39.4 Å². The fraction of sp³-hybridized carbons (Fsp3) is 0.750. The summed E-state index contributed by atoms with van der Waals surface area (Å²) >= 11 is 0. The van der Waals surface area contributed by atoms with Gasteiger partial charge in [0.2, 0.25) is 17.6 Å². The Labute approximate surface area is 291 Å². The topological polar surface area (TPSA) is 171 Å². The van der Waals surface area contributed by atoms with Crippen molar-refractivity contribution < 1.29 is 32.4 Å². The number of carbonyl (C=O) groups excluding carboxylic acids is 5. The third kappa shape index (κ3) is 8.16. The van der Waals surface area contributed by atoms with E-state index in [0.717, 1.165) is 32.1 Å². The van der Waals surface area contributed by atoms with Gasteiger partial charge in [0.1, 0.15) is 12.1 Å². The molecule has 4 fully saturated rings. The number of fused-ring (bicyclic) bond motifs is 3. The number of hydrogen-bond acceptors (Lipinski definition) is 7. The first-order valence-corrected chi connectivity index (χ1v) is 19.2. The van der Waals surface area contributed by atoms with E-state index in [1.165, 1.54) is 11.0 Å². The Balaban J connectivity index is 1.55. The van der Waals surface area contributed by atoms with Crippen LogP contribution in [0.15, 0.2) is 12.7 Å². The number of sulfone groups is 1. The molecule has 3 saturated carbocycles. The lowest BCUT2D eigenvalue weighted by Gasteiger charge is -2.41. The largest absolute Gasteiger partial charge is 0.346 e. The van der Waals surface area contributed by atoms with Crippen molar-refractivity contribution in [2.24, 2.45) is 22.7 Å². The second-order valence-corrected chi connectivity index (χ2v) is 19.3. The molecular weight excluding hydrogens is 646 g/mol. The number of carbonyl (C=O) groups is 5. The van der Waals surface area contributed by atoms with Crippen LogP contribution in [-0.2, 0) is 29.0 Å². The summed E-state index contributed by atoms with van der Waals surface area (Å²) in [5.74, 6) is -0.349. The highest BCUT2D eigenvalue weighted by Crippen LogP contribution is 2.78. The minimum atomic E-state index is -3.57. The second kappa shape index (κ2) is 14.1. The predicted molar refractivity (Wildman–Crippen MR) is 187 cm³/mol. The SMILES string of the molecule is C#CCCC(NC(=O)[C@@H]1C2[C@H](CN1C(=O)[C@@H](NC(=O)NC1(CS(=O)(=O)C(C)(C)C)CCCCC1)C(C)(C)C)C21CC1)C(=O)C(=O)NCC=C. The van der Waals surface area contributed by atoms with Crippen molar-refractivity contribution in [1.82, 2.24) is 26.2 Å². The lowest BCUT2D eigenvalue weighted by Crippen LogP contribution is -2.64. The van der Waals surface area contributed by atoms with Gasteiger partial charge in [-0.15, -0.1) is 18.9 Å². The average molecular weight is 702 g/mol. The molecule has 12 nitrogen and oxygen atoms in total. The van der Waals surface area contributed by atoms with E-state index >= 15 is 0 Å². The summed E-state index contributed by atoms with van der Waals surface area (Å²) in [5.41, 5.74) is -1.73. The van der Waals surface area contributed by atoms with Crippen molar-refractivity contribution in [2.75, 3.05) is 18.8 Å². The number of nitrogens with zero attached hydrogens (tertiary/aromatic N) is 1. The quantitative estimate of drug-likeness (QED) is 0.130. The van der Waals surface area contributed by atoms with E-state index in [9.17, 15) is 32.4 Å². The molecule has 0 aromatic carbocycles. The molecule has 2 unspecified atom stereocenters. The van der Waals surface area contributed by atoms with Crippen molar-refractivity contribution in [2.45, 2.75) is 128 Å². The summed E-state index contributed by atoms with van der Waals surface area (Å²) in [6.45, 7) is 14.4. The number of piperidine rings is 1. The molecule has 3 aliphatic carbocycles. The van der Waals surface area contributed by atoms with Crippen LogP contribution in [0.3, 0.4) is 0 Å². The summed E-state index contributed by atoms with van der Waals surface area (Å²) in [6, 6.07) is -3.72.